The van der Waals surface area contributed by atoms with Crippen LogP contribution >= 0.6 is 0 Å². The van der Waals surface area contributed by atoms with Crippen LogP contribution in [0.5, 0.6) is 0 Å². The molecule has 0 radical (unpaired) electrons. The second-order valence-electron chi connectivity index (χ2n) is 3.35. The van der Waals surface area contributed by atoms with Gasteiger partial charge in [0.15, 0.2) is 0 Å². The summed E-state index contributed by atoms with van der Waals surface area (Å²) in [5.41, 5.74) is 0. The van der Waals surface area contributed by atoms with Crippen molar-refractivity contribution < 1.29 is 13.6 Å². The Bertz CT molecular complexity index is 221. The summed E-state index contributed by atoms with van der Waals surface area (Å²) in [5, 5.41) is 2.69. The molecular weight excluding hydrogens is 190 g/mol. The predicted octanol–water partition coefficient (Wildman–Crippen LogP) is 0.628. The Balaban J connectivity index is 2.26. The lowest BCUT2D eigenvalue weighted by Crippen LogP contribution is -2.36. The van der Waals surface area contributed by atoms with E-state index in [2.05, 4.69) is 11.9 Å². The Morgan fingerprint density at radius 1 is 1.71 bits per heavy atom. The summed E-state index contributed by atoms with van der Waals surface area (Å²) in [6, 6.07) is -0.0146. The molecule has 1 heterocycles. The molecule has 1 aliphatic heterocycles. The maximum atomic E-state index is 12.0. The van der Waals surface area contributed by atoms with E-state index in [1.807, 2.05) is 0 Å². The van der Waals surface area contributed by atoms with E-state index in [4.69, 9.17) is 0 Å². The first-order valence-corrected chi connectivity index (χ1v) is 4.55. The first kappa shape index (κ1) is 11.1. The zero-order valence-electron chi connectivity index (χ0n) is 7.88. The molecule has 1 fully saturated rings. The van der Waals surface area contributed by atoms with Gasteiger partial charge in [0.05, 0.1) is 6.54 Å². The number of alkyl halides is 2. The van der Waals surface area contributed by atoms with Crippen molar-refractivity contribution in [3.8, 4) is 0 Å². The fourth-order valence-electron chi connectivity index (χ4n) is 1.57. The van der Waals surface area contributed by atoms with E-state index in [0.29, 0.717) is 13.1 Å². The van der Waals surface area contributed by atoms with E-state index in [-0.39, 0.29) is 18.5 Å². The van der Waals surface area contributed by atoms with Crippen LogP contribution in [0.4, 0.5) is 8.78 Å². The smallest absolute Gasteiger partial charge is 0.251 e. The zero-order chi connectivity index (χ0) is 10.6. The molecule has 0 unspecified atom stereocenters. The fraction of sp³-hybridized carbons (Fsp3) is 0.667. The fourth-order valence-corrected chi connectivity index (χ4v) is 1.57. The van der Waals surface area contributed by atoms with Gasteiger partial charge >= 0.3 is 0 Å². The van der Waals surface area contributed by atoms with Gasteiger partial charge in [-0.1, -0.05) is 6.58 Å². The molecule has 0 aliphatic carbocycles. The number of hydrogen-bond donors (Lipinski definition) is 1. The van der Waals surface area contributed by atoms with Gasteiger partial charge in [-0.15, -0.1) is 0 Å². The van der Waals surface area contributed by atoms with Crippen molar-refractivity contribution in [2.45, 2.75) is 18.9 Å². The lowest BCUT2D eigenvalue weighted by atomic mass is 10.2. The van der Waals surface area contributed by atoms with Crippen molar-refractivity contribution in [2.75, 3.05) is 19.6 Å². The molecule has 0 aromatic heterocycles. The molecule has 1 atom stereocenters. The average molecular weight is 204 g/mol. The van der Waals surface area contributed by atoms with Gasteiger partial charge in [0, 0.05) is 19.1 Å². The quantitative estimate of drug-likeness (QED) is 0.681. The molecular formula is C9H14F2N2O. The second-order valence-corrected chi connectivity index (χ2v) is 3.35. The molecule has 0 aromatic carbocycles. The molecule has 0 spiro atoms. The van der Waals surface area contributed by atoms with Gasteiger partial charge in [-0.2, -0.15) is 0 Å². The first-order valence-electron chi connectivity index (χ1n) is 4.55. The van der Waals surface area contributed by atoms with Crippen LogP contribution in [0.25, 0.3) is 0 Å². The van der Waals surface area contributed by atoms with Gasteiger partial charge in [0.2, 0.25) is 5.91 Å². The topological polar surface area (TPSA) is 32.3 Å². The number of likely N-dealkylation sites (tertiary alicyclic amines) is 1. The summed E-state index contributed by atoms with van der Waals surface area (Å²) in [6.45, 7) is 4.24. The zero-order valence-corrected chi connectivity index (χ0v) is 7.88. The summed E-state index contributed by atoms with van der Waals surface area (Å²) in [4.78, 5) is 12.6. The molecule has 0 aromatic rings. The summed E-state index contributed by atoms with van der Waals surface area (Å²) in [6.07, 6.45) is -0.383. The number of carbonyl (C=O) groups is 1. The van der Waals surface area contributed by atoms with Crippen LogP contribution in [0.1, 0.15) is 6.42 Å². The Labute approximate surface area is 81.8 Å². The Morgan fingerprint density at radius 2 is 2.43 bits per heavy atom. The monoisotopic (exact) mass is 204 g/mol. The third kappa shape index (κ3) is 3.41. The van der Waals surface area contributed by atoms with Gasteiger partial charge in [-0.05, 0) is 12.5 Å². The normalized spacial score (nSPS) is 22.6. The molecule has 80 valence electrons. The third-order valence-electron chi connectivity index (χ3n) is 2.20. The van der Waals surface area contributed by atoms with Crippen molar-refractivity contribution in [1.82, 2.24) is 10.2 Å². The van der Waals surface area contributed by atoms with Crippen LogP contribution in [-0.4, -0.2) is 42.9 Å². The third-order valence-corrected chi connectivity index (χ3v) is 2.20. The van der Waals surface area contributed by atoms with Crippen molar-refractivity contribution in [3.63, 3.8) is 0 Å². The number of carbonyl (C=O) groups excluding carboxylic acids is 1. The predicted molar refractivity (Wildman–Crippen MR) is 49.2 cm³/mol. The molecule has 1 rings (SSSR count). The van der Waals surface area contributed by atoms with Gasteiger partial charge in [0.1, 0.15) is 0 Å². The number of nitrogens with zero attached hydrogens (tertiary/aromatic N) is 1. The Hall–Kier alpha value is -0.970. The van der Waals surface area contributed by atoms with Gasteiger partial charge < -0.3 is 5.32 Å². The van der Waals surface area contributed by atoms with Crippen LogP contribution in [0.3, 0.4) is 0 Å². The summed E-state index contributed by atoms with van der Waals surface area (Å²) in [5.74, 6) is -0.242. The first-order chi connectivity index (χ1) is 6.61. The van der Waals surface area contributed by atoms with Gasteiger partial charge in [-0.25, -0.2) is 8.78 Å². The van der Waals surface area contributed by atoms with Crippen LogP contribution < -0.4 is 5.32 Å². The molecule has 1 aliphatic rings. The Morgan fingerprint density at radius 3 is 3.00 bits per heavy atom. The molecule has 1 saturated heterocycles. The van der Waals surface area contributed by atoms with Crippen LogP contribution in [0, 0.1) is 0 Å². The molecule has 0 saturated carbocycles. The minimum atomic E-state index is -2.30. The molecule has 14 heavy (non-hydrogen) atoms. The van der Waals surface area contributed by atoms with Crippen molar-refractivity contribution in [1.29, 1.82) is 0 Å². The highest BCUT2D eigenvalue weighted by atomic mass is 19.3. The highest BCUT2D eigenvalue weighted by Gasteiger charge is 2.24. The molecule has 5 heteroatoms. The minimum absolute atomic E-state index is 0.0146. The highest BCUT2D eigenvalue weighted by molar-refractivity contribution is 5.87. The van der Waals surface area contributed by atoms with Crippen LogP contribution in [-0.2, 0) is 4.79 Å². The van der Waals surface area contributed by atoms with Gasteiger partial charge in [0.25, 0.3) is 6.43 Å². The SMILES string of the molecule is C=CC(=O)N[C@@H]1CCN(CC(F)F)C1. The van der Waals surface area contributed by atoms with E-state index >= 15 is 0 Å². The maximum Gasteiger partial charge on any atom is 0.251 e. The lowest BCUT2D eigenvalue weighted by molar-refractivity contribution is -0.117. The number of nitrogens with one attached hydrogen (secondary N) is 1. The number of hydrogen-bond acceptors (Lipinski definition) is 2. The summed E-state index contributed by atoms with van der Waals surface area (Å²) < 4.78 is 24.0. The number of amides is 1. The molecule has 1 amide bonds. The average Bonchev–Trinajstić information content (AvgIpc) is 2.51. The van der Waals surface area contributed by atoms with E-state index in [1.165, 1.54) is 6.08 Å². The highest BCUT2D eigenvalue weighted by Crippen LogP contribution is 2.10. The summed E-state index contributed by atoms with van der Waals surface area (Å²) in [7, 11) is 0. The number of rotatable bonds is 4. The van der Waals surface area contributed by atoms with E-state index in [0.717, 1.165) is 6.42 Å². The van der Waals surface area contributed by atoms with E-state index < -0.39 is 6.43 Å². The largest absolute Gasteiger partial charge is 0.349 e. The van der Waals surface area contributed by atoms with Crippen molar-refractivity contribution in [2.24, 2.45) is 0 Å². The number of halogens is 2. The molecule has 1 N–H and O–H groups in total. The van der Waals surface area contributed by atoms with Crippen LogP contribution in [0.15, 0.2) is 12.7 Å². The maximum absolute atomic E-state index is 12.0. The minimum Gasteiger partial charge on any atom is -0.349 e. The van der Waals surface area contributed by atoms with Crippen LogP contribution in [0.2, 0.25) is 0 Å². The lowest BCUT2D eigenvalue weighted by Gasteiger charge is -2.15. The Kier molecular flexibility index (Phi) is 4.00. The van der Waals surface area contributed by atoms with Crippen molar-refractivity contribution >= 4 is 5.91 Å². The van der Waals surface area contributed by atoms with E-state index in [9.17, 15) is 13.6 Å². The van der Waals surface area contributed by atoms with E-state index in [1.54, 1.807) is 4.90 Å². The molecule has 0 bridgehead atoms. The van der Waals surface area contributed by atoms with Crippen molar-refractivity contribution in [3.05, 3.63) is 12.7 Å². The van der Waals surface area contributed by atoms with Gasteiger partial charge in [-0.3, -0.25) is 9.69 Å². The second kappa shape index (κ2) is 5.05. The molecule has 3 nitrogen and oxygen atoms in total. The standard InChI is InChI=1S/C9H14F2N2O/c1-2-9(14)12-7-3-4-13(5-7)6-8(10)11/h2,7-8H,1,3-6H2,(H,12,14)/t7-/m1/s1. The summed E-state index contributed by atoms with van der Waals surface area (Å²) >= 11 is 0.